The van der Waals surface area contributed by atoms with Gasteiger partial charge in [-0.25, -0.2) is 0 Å². The van der Waals surface area contributed by atoms with E-state index in [0.29, 0.717) is 29.8 Å². The molecule has 3 nitrogen and oxygen atoms in total. The van der Waals surface area contributed by atoms with Gasteiger partial charge in [0.2, 0.25) is 0 Å². The summed E-state index contributed by atoms with van der Waals surface area (Å²) in [5, 5.41) is 11.1. The van der Waals surface area contributed by atoms with Gasteiger partial charge in [-0.1, -0.05) is 20.8 Å². The summed E-state index contributed by atoms with van der Waals surface area (Å²) in [4.78, 5) is 12.1. The van der Waals surface area contributed by atoms with Crippen molar-refractivity contribution in [3.63, 3.8) is 0 Å². The number of ether oxygens (including phenoxy) is 1. The minimum Gasteiger partial charge on any atom is -0.389 e. The molecule has 3 saturated carbocycles. The first-order chi connectivity index (χ1) is 14.1. The molecule has 0 aromatic rings. The van der Waals surface area contributed by atoms with Gasteiger partial charge in [0, 0.05) is 6.42 Å². The van der Waals surface area contributed by atoms with Crippen LogP contribution in [-0.2, 0) is 9.53 Å². The second-order valence-corrected chi connectivity index (χ2v) is 12.6. The molecule has 9 unspecified atom stereocenters. The van der Waals surface area contributed by atoms with E-state index in [0.717, 1.165) is 36.2 Å². The fourth-order valence-corrected chi connectivity index (χ4v) is 8.94. The van der Waals surface area contributed by atoms with E-state index in [4.69, 9.17) is 4.74 Å². The smallest absolute Gasteiger partial charge is 0.155 e. The standard InChI is InChI=1S/C27H42O3/c1-16(6-9-24-25(2,3)30-24)19-7-8-20-18-15-23(29)22-14-17(28)10-12-27(22,5)21(18)11-13-26(19,20)4/h14,16,18-21,23-24,29H,6-13,15H2,1-5H3. The van der Waals surface area contributed by atoms with Crippen LogP contribution in [0.5, 0.6) is 0 Å². The maximum absolute atomic E-state index is 12.1. The summed E-state index contributed by atoms with van der Waals surface area (Å²) in [6.45, 7) is 11.9. The zero-order valence-electron chi connectivity index (χ0n) is 19.7. The van der Waals surface area contributed by atoms with Crippen molar-refractivity contribution >= 4 is 5.78 Å². The Labute approximate surface area is 183 Å². The lowest BCUT2D eigenvalue weighted by molar-refractivity contribution is -0.119. The van der Waals surface area contributed by atoms with E-state index in [2.05, 4.69) is 34.6 Å². The number of hydrogen-bond acceptors (Lipinski definition) is 3. The SMILES string of the molecule is CC(CCC1OC1(C)C)C1CCC2C3CC(O)C4=CC(=O)CCC4(C)C3CCC12C. The van der Waals surface area contributed by atoms with Crippen molar-refractivity contribution in [2.45, 2.75) is 110 Å². The number of aliphatic hydroxyl groups excluding tert-OH is 1. The average molecular weight is 415 g/mol. The Balaban J connectivity index is 1.33. The van der Waals surface area contributed by atoms with E-state index < -0.39 is 6.10 Å². The molecule has 0 aromatic carbocycles. The van der Waals surface area contributed by atoms with Gasteiger partial charge in [0.05, 0.1) is 17.8 Å². The number of rotatable bonds is 4. The molecule has 9 atom stereocenters. The van der Waals surface area contributed by atoms with Crippen LogP contribution in [0.15, 0.2) is 11.6 Å². The van der Waals surface area contributed by atoms with Gasteiger partial charge < -0.3 is 9.84 Å². The molecule has 0 bridgehead atoms. The Hall–Kier alpha value is -0.670. The predicted octanol–water partition coefficient (Wildman–Crippen LogP) is 5.70. The largest absolute Gasteiger partial charge is 0.389 e. The van der Waals surface area contributed by atoms with Gasteiger partial charge >= 0.3 is 0 Å². The van der Waals surface area contributed by atoms with Crippen LogP contribution in [0.25, 0.3) is 0 Å². The fraction of sp³-hybridized carbons (Fsp3) is 0.889. The van der Waals surface area contributed by atoms with Crippen molar-refractivity contribution < 1.29 is 14.6 Å². The lowest BCUT2D eigenvalue weighted by Crippen LogP contribution is -2.54. The third kappa shape index (κ3) is 3.09. The second kappa shape index (κ2) is 6.91. The molecule has 1 heterocycles. The Morgan fingerprint density at radius 2 is 1.87 bits per heavy atom. The Bertz CT molecular complexity index is 753. The van der Waals surface area contributed by atoms with Crippen LogP contribution in [0.4, 0.5) is 0 Å². The molecule has 3 heteroatoms. The first kappa shape index (κ1) is 21.2. The van der Waals surface area contributed by atoms with Gasteiger partial charge in [-0.05, 0) is 117 Å². The highest BCUT2D eigenvalue weighted by Gasteiger charge is 2.61. The molecule has 30 heavy (non-hydrogen) atoms. The summed E-state index contributed by atoms with van der Waals surface area (Å²) in [6.07, 6.45) is 12.1. The molecular weight excluding hydrogens is 372 g/mol. The lowest BCUT2D eigenvalue weighted by Gasteiger charge is -2.59. The number of aliphatic hydroxyl groups is 1. The van der Waals surface area contributed by atoms with Crippen LogP contribution in [0.2, 0.25) is 0 Å². The van der Waals surface area contributed by atoms with Crippen LogP contribution in [0.1, 0.15) is 92.4 Å². The number of carbonyl (C=O) groups is 1. The molecule has 4 aliphatic carbocycles. The van der Waals surface area contributed by atoms with E-state index in [1.54, 1.807) is 0 Å². The first-order valence-electron chi connectivity index (χ1n) is 12.7. The maximum Gasteiger partial charge on any atom is 0.155 e. The fourth-order valence-electron chi connectivity index (χ4n) is 8.94. The van der Waals surface area contributed by atoms with Crippen LogP contribution < -0.4 is 0 Å². The van der Waals surface area contributed by atoms with Crippen molar-refractivity contribution in [3.05, 3.63) is 11.6 Å². The predicted molar refractivity (Wildman–Crippen MR) is 119 cm³/mol. The number of carbonyl (C=O) groups excluding carboxylic acids is 1. The summed E-state index contributed by atoms with van der Waals surface area (Å²) in [7, 11) is 0. The zero-order valence-corrected chi connectivity index (χ0v) is 19.7. The van der Waals surface area contributed by atoms with Crippen molar-refractivity contribution in [1.82, 2.24) is 0 Å². The van der Waals surface area contributed by atoms with Crippen LogP contribution in [0.3, 0.4) is 0 Å². The molecule has 4 fully saturated rings. The normalized spacial score (nSPS) is 50.2. The quantitative estimate of drug-likeness (QED) is 0.600. The number of fused-ring (bicyclic) bond motifs is 5. The number of ketones is 1. The molecule has 0 aromatic heterocycles. The van der Waals surface area contributed by atoms with E-state index in [1.165, 1.54) is 38.5 Å². The molecule has 1 saturated heterocycles. The van der Waals surface area contributed by atoms with Crippen molar-refractivity contribution in [3.8, 4) is 0 Å². The summed E-state index contributed by atoms with van der Waals surface area (Å²) in [5.41, 5.74) is 1.64. The van der Waals surface area contributed by atoms with E-state index in [-0.39, 0.29) is 16.8 Å². The third-order valence-corrected chi connectivity index (χ3v) is 10.8. The molecule has 168 valence electrons. The van der Waals surface area contributed by atoms with Crippen molar-refractivity contribution in [2.75, 3.05) is 0 Å². The van der Waals surface area contributed by atoms with E-state index in [9.17, 15) is 9.90 Å². The molecule has 5 rings (SSSR count). The van der Waals surface area contributed by atoms with Gasteiger partial charge in [0.1, 0.15) is 0 Å². The maximum atomic E-state index is 12.1. The molecule has 0 spiro atoms. The second-order valence-electron chi connectivity index (χ2n) is 12.6. The summed E-state index contributed by atoms with van der Waals surface area (Å²) in [6, 6.07) is 0. The molecule has 1 aliphatic heterocycles. The van der Waals surface area contributed by atoms with Gasteiger partial charge in [-0.15, -0.1) is 0 Å². The summed E-state index contributed by atoms with van der Waals surface area (Å²) >= 11 is 0. The van der Waals surface area contributed by atoms with Crippen LogP contribution in [-0.4, -0.2) is 28.7 Å². The highest BCUT2D eigenvalue weighted by Crippen LogP contribution is 2.67. The average Bonchev–Trinajstić information content (AvgIpc) is 3.12. The van der Waals surface area contributed by atoms with Gasteiger partial charge in [-0.3, -0.25) is 4.79 Å². The first-order valence-corrected chi connectivity index (χ1v) is 12.7. The van der Waals surface area contributed by atoms with E-state index in [1.807, 2.05) is 6.08 Å². The van der Waals surface area contributed by atoms with Crippen molar-refractivity contribution in [1.29, 1.82) is 0 Å². The van der Waals surface area contributed by atoms with Crippen LogP contribution >= 0.6 is 0 Å². The number of epoxide rings is 1. The summed E-state index contributed by atoms with van der Waals surface area (Å²) < 4.78 is 5.84. The third-order valence-electron chi connectivity index (χ3n) is 10.8. The molecule has 1 N–H and O–H groups in total. The molecule has 0 amide bonds. The Morgan fingerprint density at radius 3 is 2.57 bits per heavy atom. The topological polar surface area (TPSA) is 49.8 Å². The minimum absolute atomic E-state index is 0.0379. The molecular formula is C27H42O3. The van der Waals surface area contributed by atoms with Gasteiger partial charge in [-0.2, -0.15) is 0 Å². The summed E-state index contributed by atoms with van der Waals surface area (Å²) in [5.74, 6) is 3.79. The molecule has 5 aliphatic rings. The monoisotopic (exact) mass is 414 g/mol. The van der Waals surface area contributed by atoms with E-state index >= 15 is 0 Å². The lowest BCUT2D eigenvalue weighted by atomic mass is 9.46. The minimum atomic E-state index is -0.409. The Kier molecular flexibility index (Phi) is 4.88. The molecule has 0 radical (unpaired) electrons. The highest BCUT2D eigenvalue weighted by atomic mass is 16.6. The zero-order chi connectivity index (χ0) is 21.5. The number of hydrogen-bond donors (Lipinski definition) is 1. The van der Waals surface area contributed by atoms with Gasteiger partial charge in [0.25, 0.3) is 0 Å². The highest BCUT2D eigenvalue weighted by molar-refractivity contribution is 5.91. The van der Waals surface area contributed by atoms with Gasteiger partial charge in [0.15, 0.2) is 5.78 Å². The van der Waals surface area contributed by atoms with Crippen LogP contribution in [0, 0.1) is 40.4 Å². The Morgan fingerprint density at radius 1 is 1.13 bits per heavy atom. The van der Waals surface area contributed by atoms with Crippen molar-refractivity contribution in [2.24, 2.45) is 40.4 Å².